The largest absolute Gasteiger partial charge is 0.311 e. The number of nitrogens with one attached hydrogen (secondary N) is 1. The van der Waals surface area contributed by atoms with Crippen LogP contribution in [-0.2, 0) is 0 Å². The standard InChI is InChI=1S/C15H25N/c1-2-6-11-10(5-1)9-14-15(11)12-7-3-4-8-13(12)16-14/h10-16H,1-9H2. The van der Waals surface area contributed by atoms with Crippen LogP contribution in [0.2, 0.25) is 0 Å². The maximum Gasteiger partial charge on any atom is 0.0107 e. The summed E-state index contributed by atoms with van der Waals surface area (Å²) in [5, 5.41) is 4.01. The molecule has 0 radical (unpaired) electrons. The molecule has 1 heterocycles. The molecule has 0 aromatic carbocycles. The Bertz CT molecular complexity index is 249. The molecule has 16 heavy (non-hydrogen) atoms. The first-order valence-corrected chi connectivity index (χ1v) is 7.69. The highest BCUT2D eigenvalue weighted by molar-refractivity contribution is 5.07. The molecule has 1 saturated heterocycles. The number of rotatable bonds is 0. The third kappa shape index (κ3) is 1.33. The van der Waals surface area contributed by atoms with Gasteiger partial charge in [0.15, 0.2) is 0 Å². The first-order valence-electron chi connectivity index (χ1n) is 7.69. The topological polar surface area (TPSA) is 12.0 Å². The van der Waals surface area contributed by atoms with Gasteiger partial charge in [-0.1, -0.05) is 32.1 Å². The first-order chi connectivity index (χ1) is 7.93. The number of hydrogen-bond donors (Lipinski definition) is 1. The van der Waals surface area contributed by atoms with E-state index >= 15 is 0 Å². The average Bonchev–Trinajstić information content (AvgIpc) is 2.83. The second-order valence-corrected chi connectivity index (χ2v) is 6.85. The Kier molecular flexibility index (Phi) is 2.32. The molecule has 4 rings (SSSR count). The second kappa shape index (κ2) is 3.73. The van der Waals surface area contributed by atoms with Crippen LogP contribution in [0, 0.1) is 23.7 Å². The quantitative estimate of drug-likeness (QED) is 0.659. The zero-order valence-electron chi connectivity index (χ0n) is 10.3. The fraction of sp³-hybridized carbons (Fsp3) is 1.00. The van der Waals surface area contributed by atoms with E-state index in [-0.39, 0.29) is 0 Å². The molecule has 0 aromatic heterocycles. The molecule has 6 atom stereocenters. The van der Waals surface area contributed by atoms with E-state index in [2.05, 4.69) is 5.32 Å². The summed E-state index contributed by atoms with van der Waals surface area (Å²) in [5.74, 6) is 4.40. The predicted octanol–water partition coefficient (Wildman–Crippen LogP) is 3.34. The van der Waals surface area contributed by atoms with Gasteiger partial charge in [0.2, 0.25) is 0 Å². The van der Waals surface area contributed by atoms with Crippen molar-refractivity contribution in [3.8, 4) is 0 Å². The van der Waals surface area contributed by atoms with Crippen molar-refractivity contribution in [1.29, 1.82) is 0 Å². The van der Waals surface area contributed by atoms with Gasteiger partial charge < -0.3 is 5.32 Å². The minimum absolute atomic E-state index is 0.923. The predicted molar refractivity (Wildman–Crippen MR) is 66.2 cm³/mol. The molecule has 4 fully saturated rings. The van der Waals surface area contributed by atoms with Gasteiger partial charge in [-0.25, -0.2) is 0 Å². The monoisotopic (exact) mass is 219 g/mol. The van der Waals surface area contributed by atoms with E-state index in [1.165, 1.54) is 38.5 Å². The van der Waals surface area contributed by atoms with E-state index in [0.717, 1.165) is 35.8 Å². The molecular weight excluding hydrogens is 194 g/mol. The van der Waals surface area contributed by atoms with E-state index in [9.17, 15) is 0 Å². The third-order valence-corrected chi connectivity index (χ3v) is 6.23. The van der Waals surface area contributed by atoms with E-state index in [1.54, 1.807) is 19.3 Å². The van der Waals surface area contributed by atoms with Gasteiger partial charge in [0.25, 0.3) is 0 Å². The van der Waals surface area contributed by atoms with Crippen LogP contribution in [0.25, 0.3) is 0 Å². The summed E-state index contributed by atoms with van der Waals surface area (Å²) in [6.45, 7) is 0. The lowest BCUT2D eigenvalue weighted by atomic mass is 9.70. The highest BCUT2D eigenvalue weighted by Crippen LogP contribution is 2.54. The Morgan fingerprint density at radius 3 is 2.38 bits per heavy atom. The number of hydrogen-bond acceptors (Lipinski definition) is 1. The summed E-state index contributed by atoms with van der Waals surface area (Å²) in [6.07, 6.45) is 13.7. The lowest BCUT2D eigenvalue weighted by Gasteiger charge is -2.35. The number of fused-ring (bicyclic) bond motifs is 5. The van der Waals surface area contributed by atoms with Crippen LogP contribution < -0.4 is 5.32 Å². The van der Waals surface area contributed by atoms with Crippen molar-refractivity contribution in [2.75, 3.05) is 0 Å². The van der Waals surface area contributed by atoms with Crippen molar-refractivity contribution >= 4 is 0 Å². The van der Waals surface area contributed by atoms with Gasteiger partial charge in [-0.15, -0.1) is 0 Å². The van der Waals surface area contributed by atoms with Crippen LogP contribution in [0.5, 0.6) is 0 Å². The van der Waals surface area contributed by atoms with Crippen LogP contribution in [0.3, 0.4) is 0 Å². The van der Waals surface area contributed by atoms with Gasteiger partial charge in [0, 0.05) is 12.1 Å². The lowest BCUT2D eigenvalue weighted by Crippen LogP contribution is -2.34. The van der Waals surface area contributed by atoms with Gasteiger partial charge in [-0.2, -0.15) is 0 Å². The normalized spacial score (nSPS) is 55.5. The minimum Gasteiger partial charge on any atom is -0.311 e. The molecule has 3 aliphatic carbocycles. The van der Waals surface area contributed by atoms with E-state index in [4.69, 9.17) is 0 Å². The van der Waals surface area contributed by atoms with Crippen LogP contribution in [0.4, 0.5) is 0 Å². The van der Waals surface area contributed by atoms with Crippen molar-refractivity contribution in [2.45, 2.75) is 69.9 Å². The van der Waals surface area contributed by atoms with Crippen LogP contribution in [0.1, 0.15) is 57.8 Å². The maximum absolute atomic E-state index is 4.01. The Balaban J connectivity index is 1.59. The fourth-order valence-corrected chi connectivity index (χ4v) is 5.71. The van der Waals surface area contributed by atoms with Gasteiger partial charge >= 0.3 is 0 Å². The Labute approximate surface area is 99.4 Å². The van der Waals surface area contributed by atoms with E-state index in [0.29, 0.717) is 0 Å². The fourth-order valence-electron chi connectivity index (χ4n) is 5.71. The SMILES string of the molecule is C1CCC2C(C1)CC1NC3CCCCC3C12. The zero-order chi connectivity index (χ0) is 10.5. The van der Waals surface area contributed by atoms with Gasteiger partial charge in [0.05, 0.1) is 0 Å². The van der Waals surface area contributed by atoms with Gasteiger partial charge in [-0.05, 0) is 49.4 Å². The maximum atomic E-state index is 4.01. The Hall–Kier alpha value is -0.0400. The summed E-state index contributed by atoms with van der Waals surface area (Å²) in [5.41, 5.74) is 0. The molecule has 90 valence electrons. The first kappa shape index (κ1) is 9.94. The minimum atomic E-state index is 0.923. The van der Waals surface area contributed by atoms with E-state index in [1.807, 2.05) is 0 Å². The van der Waals surface area contributed by atoms with Crippen molar-refractivity contribution in [3.63, 3.8) is 0 Å². The molecule has 1 N–H and O–H groups in total. The van der Waals surface area contributed by atoms with E-state index < -0.39 is 0 Å². The van der Waals surface area contributed by atoms with Crippen LogP contribution in [-0.4, -0.2) is 12.1 Å². The smallest absolute Gasteiger partial charge is 0.0107 e. The van der Waals surface area contributed by atoms with Crippen molar-refractivity contribution in [2.24, 2.45) is 23.7 Å². The summed E-state index contributed by atoms with van der Waals surface area (Å²) in [4.78, 5) is 0. The lowest BCUT2D eigenvalue weighted by molar-refractivity contribution is 0.160. The van der Waals surface area contributed by atoms with Crippen LogP contribution in [0.15, 0.2) is 0 Å². The molecule has 1 aliphatic heterocycles. The molecule has 0 bridgehead atoms. The summed E-state index contributed by atoms with van der Waals surface area (Å²) in [7, 11) is 0. The molecule has 3 saturated carbocycles. The second-order valence-electron chi connectivity index (χ2n) is 6.85. The molecule has 4 aliphatic rings. The molecule has 0 spiro atoms. The van der Waals surface area contributed by atoms with Crippen molar-refractivity contribution in [1.82, 2.24) is 5.32 Å². The Morgan fingerprint density at radius 1 is 0.688 bits per heavy atom. The van der Waals surface area contributed by atoms with Gasteiger partial charge in [0.1, 0.15) is 0 Å². The molecule has 1 nitrogen and oxygen atoms in total. The summed E-state index contributed by atoms with van der Waals surface area (Å²) in [6, 6.07) is 1.85. The van der Waals surface area contributed by atoms with Crippen molar-refractivity contribution in [3.05, 3.63) is 0 Å². The molecule has 0 aromatic rings. The summed E-state index contributed by atoms with van der Waals surface area (Å²) >= 11 is 0. The zero-order valence-corrected chi connectivity index (χ0v) is 10.3. The molecule has 6 unspecified atom stereocenters. The average molecular weight is 219 g/mol. The third-order valence-electron chi connectivity index (χ3n) is 6.23. The molecular formula is C15H25N. The van der Waals surface area contributed by atoms with Crippen molar-refractivity contribution < 1.29 is 0 Å². The highest BCUT2D eigenvalue weighted by Gasteiger charge is 2.53. The summed E-state index contributed by atoms with van der Waals surface area (Å²) < 4.78 is 0. The Morgan fingerprint density at radius 2 is 1.44 bits per heavy atom. The molecule has 1 heteroatoms. The van der Waals surface area contributed by atoms with Crippen LogP contribution >= 0.6 is 0 Å². The molecule has 0 amide bonds. The van der Waals surface area contributed by atoms with Gasteiger partial charge in [-0.3, -0.25) is 0 Å². The highest BCUT2D eigenvalue weighted by atomic mass is 15.0.